The summed E-state index contributed by atoms with van der Waals surface area (Å²) >= 11 is 0. The highest BCUT2D eigenvalue weighted by Gasteiger charge is 2.28. The van der Waals surface area contributed by atoms with E-state index in [2.05, 4.69) is 10.1 Å². The Labute approximate surface area is 105 Å². The average Bonchev–Trinajstić information content (AvgIpc) is 2.37. The van der Waals surface area contributed by atoms with Gasteiger partial charge in [-0.05, 0) is 19.8 Å². The van der Waals surface area contributed by atoms with E-state index in [1.807, 2.05) is 0 Å². The van der Waals surface area contributed by atoms with E-state index in [1.54, 1.807) is 0 Å². The predicted molar refractivity (Wildman–Crippen MR) is 61.9 cm³/mol. The molecule has 2 amide bonds. The number of piperidine rings is 1. The van der Waals surface area contributed by atoms with Gasteiger partial charge in [0.2, 0.25) is 0 Å². The molecular weight excluding hydrogens is 240 g/mol. The van der Waals surface area contributed by atoms with Crippen molar-refractivity contribution in [2.24, 2.45) is 5.92 Å². The van der Waals surface area contributed by atoms with Gasteiger partial charge in [0.05, 0.1) is 13.0 Å². The number of methoxy groups -OCH3 is 1. The van der Waals surface area contributed by atoms with E-state index in [1.165, 1.54) is 18.9 Å². The number of ether oxygens (including phenoxy) is 1. The predicted octanol–water partition coefficient (Wildman–Crippen LogP) is 0.0541. The zero-order chi connectivity index (χ0) is 13.7. The Morgan fingerprint density at radius 3 is 2.33 bits per heavy atom. The van der Waals surface area contributed by atoms with Gasteiger partial charge >= 0.3 is 18.0 Å². The third kappa shape index (κ3) is 3.61. The lowest BCUT2D eigenvalue weighted by molar-refractivity contribution is -0.146. The van der Waals surface area contributed by atoms with Crippen LogP contribution in [0.25, 0.3) is 0 Å². The molecule has 2 N–H and O–H groups in total. The first-order valence-corrected chi connectivity index (χ1v) is 5.81. The Kier molecular flexibility index (Phi) is 4.94. The molecule has 1 atom stereocenters. The number of rotatable bonds is 3. The second-order valence-corrected chi connectivity index (χ2v) is 4.29. The molecular formula is C11H18N2O5. The zero-order valence-corrected chi connectivity index (χ0v) is 10.5. The molecule has 1 heterocycles. The topological polar surface area (TPSA) is 95.9 Å². The molecule has 1 aliphatic heterocycles. The molecule has 0 aliphatic carbocycles. The second-order valence-electron chi connectivity index (χ2n) is 4.29. The molecule has 0 radical (unpaired) electrons. The van der Waals surface area contributed by atoms with Crippen LogP contribution in [0.4, 0.5) is 4.79 Å². The minimum Gasteiger partial charge on any atom is -0.480 e. The number of carboxylic acids is 1. The van der Waals surface area contributed by atoms with E-state index >= 15 is 0 Å². The summed E-state index contributed by atoms with van der Waals surface area (Å²) < 4.78 is 4.65. The lowest BCUT2D eigenvalue weighted by Crippen LogP contribution is -2.49. The summed E-state index contributed by atoms with van der Waals surface area (Å²) in [5, 5.41) is 11.1. The summed E-state index contributed by atoms with van der Waals surface area (Å²) in [7, 11) is 1.34. The van der Waals surface area contributed by atoms with Crippen molar-refractivity contribution < 1.29 is 24.2 Å². The summed E-state index contributed by atoms with van der Waals surface area (Å²) in [6.45, 7) is 2.26. The first-order valence-electron chi connectivity index (χ1n) is 5.81. The molecule has 0 spiro atoms. The number of aliphatic carboxylic acids is 1. The Hall–Kier alpha value is -1.79. The third-order valence-corrected chi connectivity index (χ3v) is 3.03. The maximum absolute atomic E-state index is 11.7. The molecule has 0 aromatic carbocycles. The highest BCUT2D eigenvalue weighted by Crippen LogP contribution is 2.18. The molecule has 0 unspecified atom stereocenters. The number of esters is 1. The lowest BCUT2D eigenvalue weighted by Gasteiger charge is -2.31. The number of carbonyl (C=O) groups is 3. The van der Waals surface area contributed by atoms with Gasteiger partial charge in [0.15, 0.2) is 0 Å². The molecule has 0 aromatic heterocycles. The van der Waals surface area contributed by atoms with Crippen molar-refractivity contribution >= 4 is 18.0 Å². The number of carboxylic acid groups (broad SMARTS) is 1. The number of likely N-dealkylation sites (tertiary alicyclic amines) is 1. The minimum atomic E-state index is -1.08. The van der Waals surface area contributed by atoms with Crippen molar-refractivity contribution in [1.82, 2.24) is 10.2 Å². The monoisotopic (exact) mass is 258 g/mol. The zero-order valence-electron chi connectivity index (χ0n) is 10.5. The minimum absolute atomic E-state index is 0.170. The standard InChI is InChI=1S/C11H18N2O5/c1-7(9(14)15)12-11(17)13-5-3-8(4-6-13)10(16)18-2/h7-8H,3-6H2,1-2H3,(H,12,17)(H,14,15)/t7-/m1/s1. The van der Waals surface area contributed by atoms with Gasteiger partial charge in [-0.2, -0.15) is 0 Å². The van der Waals surface area contributed by atoms with Gasteiger partial charge < -0.3 is 20.1 Å². The van der Waals surface area contributed by atoms with Gasteiger partial charge in [-0.15, -0.1) is 0 Å². The fourth-order valence-electron chi connectivity index (χ4n) is 1.82. The number of hydrogen-bond donors (Lipinski definition) is 2. The molecule has 7 heteroatoms. The lowest BCUT2D eigenvalue weighted by atomic mass is 9.97. The maximum Gasteiger partial charge on any atom is 0.325 e. The second kappa shape index (κ2) is 6.23. The van der Waals surface area contributed by atoms with Crippen LogP contribution in [0, 0.1) is 5.92 Å². The van der Waals surface area contributed by atoms with Crippen LogP contribution < -0.4 is 5.32 Å². The van der Waals surface area contributed by atoms with E-state index in [0.717, 1.165) is 0 Å². The molecule has 7 nitrogen and oxygen atoms in total. The average molecular weight is 258 g/mol. The van der Waals surface area contributed by atoms with Gasteiger partial charge in [-0.3, -0.25) is 9.59 Å². The van der Waals surface area contributed by atoms with Gasteiger partial charge in [0.25, 0.3) is 0 Å². The first-order chi connectivity index (χ1) is 8.45. The van der Waals surface area contributed by atoms with Crippen LogP contribution in [0.15, 0.2) is 0 Å². The van der Waals surface area contributed by atoms with Crippen LogP contribution in [-0.2, 0) is 14.3 Å². The fraction of sp³-hybridized carbons (Fsp3) is 0.727. The van der Waals surface area contributed by atoms with Crippen molar-refractivity contribution in [1.29, 1.82) is 0 Å². The van der Waals surface area contributed by atoms with Crippen molar-refractivity contribution in [3.8, 4) is 0 Å². The van der Waals surface area contributed by atoms with Crippen molar-refractivity contribution in [3.63, 3.8) is 0 Å². The van der Waals surface area contributed by atoms with Crippen LogP contribution in [-0.4, -0.2) is 54.2 Å². The number of hydrogen-bond acceptors (Lipinski definition) is 4. The summed E-state index contributed by atoms with van der Waals surface area (Å²) in [6, 6.07) is -1.33. The molecule has 0 saturated carbocycles. The molecule has 102 valence electrons. The Bertz CT molecular complexity index is 336. The van der Waals surface area contributed by atoms with E-state index in [0.29, 0.717) is 25.9 Å². The van der Waals surface area contributed by atoms with E-state index < -0.39 is 18.0 Å². The Morgan fingerprint density at radius 2 is 1.89 bits per heavy atom. The summed E-state index contributed by atoms with van der Waals surface area (Å²) in [5.41, 5.74) is 0. The van der Waals surface area contributed by atoms with E-state index in [4.69, 9.17) is 5.11 Å². The van der Waals surface area contributed by atoms with Gasteiger partial charge in [-0.25, -0.2) is 4.79 Å². The number of urea groups is 1. The smallest absolute Gasteiger partial charge is 0.325 e. The molecule has 1 saturated heterocycles. The van der Waals surface area contributed by atoms with E-state index in [9.17, 15) is 14.4 Å². The van der Waals surface area contributed by atoms with E-state index in [-0.39, 0.29) is 11.9 Å². The van der Waals surface area contributed by atoms with Crippen molar-refractivity contribution in [2.75, 3.05) is 20.2 Å². The Morgan fingerprint density at radius 1 is 1.33 bits per heavy atom. The van der Waals surface area contributed by atoms with Gasteiger partial charge in [-0.1, -0.05) is 0 Å². The van der Waals surface area contributed by atoms with Crippen LogP contribution in [0.2, 0.25) is 0 Å². The highest BCUT2D eigenvalue weighted by molar-refractivity contribution is 5.82. The molecule has 18 heavy (non-hydrogen) atoms. The number of amides is 2. The number of carbonyl (C=O) groups excluding carboxylic acids is 2. The van der Waals surface area contributed by atoms with Crippen LogP contribution in [0.5, 0.6) is 0 Å². The van der Waals surface area contributed by atoms with Crippen LogP contribution in [0.1, 0.15) is 19.8 Å². The summed E-state index contributed by atoms with van der Waals surface area (Å²) in [5.74, 6) is -1.50. The van der Waals surface area contributed by atoms with Crippen LogP contribution >= 0.6 is 0 Å². The molecule has 1 rings (SSSR count). The number of nitrogens with zero attached hydrogens (tertiary/aromatic N) is 1. The van der Waals surface area contributed by atoms with Crippen molar-refractivity contribution in [2.45, 2.75) is 25.8 Å². The first kappa shape index (κ1) is 14.3. The molecule has 1 fully saturated rings. The van der Waals surface area contributed by atoms with Gasteiger partial charge in [0.1, 0.15) is 6.04 Å². The SMILES string of the molecule is COC(=O)C1CCN(C(=O)N[C@H](C)C(=O)O)CC1. The fourth-order valence-corrected chi connectivity index (χ4v) is 1.82. The van der Waals surface area contributed by atoms with Gasteiger partial charge in [0, 0.05) is 13.1 Å². The summed E-state index contributed by atoms with van der Waals surface area (Å²) in [4.78, 5) is 35.1. The quantitative estimate of drug-likeness (QED) is 0.697. The third-order valence-electron chi connectivity index (χ3n) is 3.03. The van der Waals surface area contributed by atoms with Crippen molar-refractivity contribution in [3.05, 3.63) is 0 Å². The Balaban J connectivity index is 2.41. The number of nitrogens with one attached hydrogen (secondary N) is 1. The molecule has 1 aliphatic rings. The van der Waals surface area contributed by atoms with Crippen LogP contribution in [0.3, 0.4) is 0 Å². The molecule has 0 bridgehead atoms. The molecule has 0 aromatic rings. The normalized spacial score (nSPS) is 18.0. The summed E-state index contributed by atoms with van der Waals surface area (Å²) in [6.07, 6.45) is 1.09. The largest absolute Gasteiger partial charge is 0.480 e. The highest BCUT2D eigenvalue weighted by atomic mass is 16.5. The maximum atomic E-state index is 11.7.